The molecule has 0 fully saturated rings. The summed E-state index contributed by atoms with van der Waals surface area (Å²) < 4.78 is 32.5. The van der Waals surface area contributed by atoms with Gasteiger partial charge in [-0.25, -0.2) is 8.42 Å². The minimum atomic E-state index is -3.58. The summed E-state index contributed by atoms with van der Waals surface area (Å²) in [7, 11) is -2.03. The Morgan fingerprint density at radius 1 is 1.11 bits per heavy atom. The lowest BCUT2D eigenvalue weighted by molar-refractivity contribution is -0.115. The molecule has 3 rings (SSSR count). The van der Waals surface area contributed by atoms with Crippen molar-refractivity contribution in [3.05, 3.63) is 71.1 Å². The number of amides is 1. The molecule has 1 aromatic heterocycles. The van der Waals surface area contributed by atoms with Gasteiger partial charge in [0.1, 0.15) is 9.96 Å². The Labute approximate surface area is 168 Å². The van der Waals surface area contributed by atoms with Crippen LogP contribution in [-0.4, -0.2) is 21.4 Å². The molecule has 0 saturated heterocycles. The molecule has 6 nitrogen and oxygen atoms in total. The number of benzene rings is 2. The molecule has 0 bridgehead atoms. The minimum absolute atomic E-state index is 0.162. The van der Waals surface area contributed by atoms with Crippen LogP contribution >= 0.6 is 11.3 Å². The van der Waals surface area contributed by atoms with Crippen LogP contribution in [0.25, 0.3) is 0 Å². The molecule has 2 N–H and O–H groups in total. The van der Waals surface area contributed by atoms with Crippen molar-refractivity contribution in [2.24, 2.45) is 0 Å². The topological polar surface area (TPSA) is 84.5 Å². The molecule has 1 heterocycles. The van der Waals surface area contributed by atoms with E-state index in [2.05, 4.69) is 10.0 Å². The molecule has 0 aliphatic heterocycles. The second kappa shape index (κ2) is 8.45. The first-order chi connectivity index (χ1) is 13.4. The van der Waals surface area contributed by atoms with Gasteiger partial charge >= 0.3 is 0 Å². The van der Waals surface area contributed by atoms with Gasteiger partial charge in [-0.2, -0.15) is 0 Å². The summed E-state index contributed by atoms with van der Waals surface area (Å²) >= 11 is 1.15. The summed E-state index contributed by atoms with van der Waals surface area (Å²) in [6.45, 7) is 1.94. The normalized spacial score (nSPS) is 11.1. The van der Waals surface area contributed by atoms with Crippen LogP contribution in [0.2, 0.25) is 0 Å². The third-order valence-electron chi connectivity index (χ3n) is 3.96. The zero-order valence-corrected chi connectivity index (χ0v) is 17.1. The fraction of sp³-hybridized carbons (Fsp3) is 0.150. The lowest BCUT2D eigenvalue weighted by Gasteiger charge is -2.11. The number of sulfonamides is 1. The highest BCUT2D eigenvalue weighted by Gasteiger charge is 2.15. The van der Waals surface area contributed by atoms with Gasteiger partial charge < -0.3 is 10.1 Å². The van der Waals surface area contributed by atoms with Crippen LogP contribution in [0.4, 0.5) is 11.4 Å². The molecule has 0 atom stereocenters. The number of carbonyl (C=O) groups is 1. The highest BCUT2D eigenvalue weighted by Crippen LogP contribution is 2.25. The molecule has 2 aromatic carbocycles. The molecular weight excluding hydrogens is 396 g/mol. The molecule has 146 valence electrons. The third-order valence-corrected chi connectivity index (χ3v) is 6.74. The van der Waals surface area contributed by atoms with Crippen LogP contribution in [0.3, 0.4) is 0 Å². The van der Waals surface area contributed by atoms with E-state index in [-0.39, 0.29) is 16.5 Å². The quantitative estimate of drug-likeness (QED) is 0.609. The monoisotopic (exact) mass is 416 g/mol. The number of ether oxygens (including phenoxy) is 1. The van der Waals surface area contributed by atoms with E-state index in [0.29, 0.717) is 17.1 Å². The number of anilines is 2. The third kappa shape index (κ3) is 4.90. The van der Waals surface area contributed by atoms with Gasteiger partial charge in [0.15, 0.2) is 0 Å². The fourth-order valence-electron chi connectivity index (χ4n) is 2.61. The van der Waals surface area contributed by atoms with E-state index < -0.39 is 10.0 Å². The molecule has 0 aliphatic rings. The van der Waals surface area contributed by atoms with Crippen molar-refractivity contribution >= 4 is 38.6 Å². The Bertz CT molecular complexity index is 1060. The van der Waals surface area contributed by atoms with Crippen LogP contribution < -0.4 is 14.8 Å². The molecule has 28 heavy (non-hydrogen) atoms. The number of aryl methyl sites for hydroxylation is 1. The molecule has 0 unspecified atom stereocenters. The van der Waals surface area contributed by atoms with E-state index in [1.165, 1.54) is 0 Å². The molecular formula is C20H20N2O4S2. The smallest absolute Gasteiger partial charge is 0.271 e. The van der Waals surface area contributed by atoms with Gasteiger partial charge in [-0.3, -0.25) is 9.52 Å². The summed E-state index contributed by atoms with van der Waals surface area (Å²) in [5.41, 5.74) is 2.84. The fourth-order valence-corrected chi connectivity index (χ4v) is 4.66. The predicted octanol–water partition coefficient (Wildman–Crippen LogP) is 4.05. The van der Waals surface area contributed by atoms with Gasteiger partial charge in [0.05, 0.1) is 19.2 Å². The number of carbonyl (C=O) groups excluding carboxylic acids is 1. The number of methoxy groups -OCH3 is 1. The van der Waals surface area contributed by atoms with Crippen molar-refractivity contribution in [2.45, 2.75) is 17.6 Å². The number of hydrogen-bond acceptors (Lipinski definition) is 5. The second-order valence-electron chi connectivity index (χ2n) is 6.16. The predicted molar refractivity (Wildman–Crippen MR) is 112 cm³/mol. The van der Waals surface area contributed by atoms with Gasteiger partial charge in [-0.15, -0.1) is 11.3 Å². The van der Waals surface area contributed by atoms with Crippen molar-refractivity contribution in [3.63, 3.8) is 0 Å². The Morgan fingerprint density at radius 3 is 2.50 bits per heavy atom. The Kier molecular flexibility index (Phi) is 6.01. The summed E-state index contributed by atoms with van der Waals surface area (Å²) in [4.78, 5) is 12.4. The Hall–Kier alpha value is -2.84. The first-order valence-corrected chi connectivity index (χ1v) is 10.8. The van der Waals surface area contributed by atoms with E-state index in [1.807, 2.05) is 19.1 Å². The zero-order chi connectivity index (χ0) is 20.1. The van der Waals surface area contributed by atoms with E-state index in [9.17, 15) is 13.2 Å². The molecule has 0 saturated carbocycles. The van der Waals surface area contributed by atoms with Crippen LogP contribution in [0, 0.1) is 6.92 Å². The van der Waals surface area contributed by atoms with E-state index >= 15 is 0 Å². The molecule has 0 radical (unpaired) electrons. The lowest BCUT2D eigenvalue weighted by Crippen LogP contribution is -2.15. The summed E-state index contributed by atoms with van der Waals surface area (Å²) in [6, 6.07) is 15.5. The highest BCUT2D eigenvalue weighted by molar-refractivity contribution is 7.94. The standard InChI is InChI=1S/C20H20N2O4S2/c1-14-5-10-18(26-2)17(12-14)21-19(23)13-15-6-8-16(9-7-15)22-28(24,25)20-4-3-11-27-20/h3-12,22H,13H2,1-2H3,(H,21,23). The summed E-state index contributed by atoms with van der Waals surface area (Å²) in [5, 5.41) is 4.56. The van der Waals surface area contributed by atoms with E-state index in [4.69, 9.17) is 4.74 Å². The molecule has 0 spiro atoms. The van der Waals surface area contributed by atoms with Crippen molar-refractivity contribution in [2.75, 3.05) is 17.1 Å². The average Bonchev–Trinajstić information content (AvgIpc) is 3.19. The number of rotatable bonds is 7. The Morgan fingerprint density at radius 2 is 1.86 bits per heavy atom. The number of thiophene rings is 1. The molecule has 3 aromatic rings. The van der Waals surface area contributed by atoms with Crippen molar-refractivity contribution in [3.8, 4) is 5.75 Å². The van der Waals surface area contributed by atoms with Crippen LogP contribution in [0.1, 0.15) is 11.1 Å². The largest absolute Gasteiger partial charge is 0.495 e. The molecule has 1 amide bonds. The van der Waals surface area contributed by atoms with E-state index in [0.717, 1.165) is 22.5 Å². The zero-order valence-electron chi connectivity index (χ0n) is 15.4. The van der Waals surface area contributed by atoms with Crippen LogP contribution in [-0.2, 0) is 21.2 Å². The van der Waals surface area contributed by atoms with Gasteiger partial charge in [0.25, 0.3) is 10.0 Å². The highest BCUT2D eigenvalue weighted by atomic mass is 32.2. The summed E-state index contributed by atoms with van der Waals surface area (Å²) in [5.74, 6) is 0.410. The van der Waals surface area contributed by atoms with Gasteiger partial charge in [-0.05, 0) is 53.8 Å². The maximum atomic E-state index is 12.4. The van der Waals surface area contributed by atoms with Crippen molar-refractivity contribution < 1.29 is 17.9 Å². The van der Waals surface area contributed by atoms with E-state index in [1.54, 1.807) is 55.0 Å². The second-order valence-corrected chi connectivity index (χ2v) is 9.02. The van der Waals surface area contributed by atoms with Crippen LogP contribution in [0.15, 0.2) is 64.2 Å². The SMILES string of the molecule is COc1ccc(C)cc1NC(=O)Cc1ccc(NS(=O)(=O)c2cccs2)cc1. The molecule has 8 heteroatoms. The minimum Gasteiger partial charge on any atom is -0.495 e. The maximum absolute atomic E-state index is 12.4. The van der Waals surface area contributed by atoms with Gasteiger partial charge in [-0.1, -0.05) is 24.3 Å². The maximum Gasteiger partial charge on any atom is 0.271 e. The number of nitrogens with one attached hydrogen (secondary N) is 2. The van der Waals surface area contributed by atoms with Gasteiger partial charge in [0, 0.05) is 5.69 Å². The van der Waals surface area contributed by atoms with Crippen LogP contribution in [0.5, 0.6) is 5.75 Å². The average molecular weight is 417 g/mol. The first-order valence-electron chi connectivity index (χ1n) is 8.47. The lowest BCUT2D eigenvalue weighted by atomic mass is 10.1. The summed E-state index contributed by atoms with van der Waals surface area (Å²) in [6.07, 6.45) is 0.162. The van der Waals surface area contributed by atoms with Crippen molar-refractivity contribution in [1.29, 1.82) is 0 Å². The molecule has 0 aliphatic carbocycles. The number of hydrogen-bond donors (Lipinski definition) is 2. The Balaban J connectivity index is 1.64. The van der Waals surface area contributed by atoms with Crippen molar-refractivity contribution in [1.82, 2.24) is 0 Å². The first kappa shape index (κ1) is 19.9. The van der Waals surface area contributed by atoms with Gasteiger partial charge in [0.2, 0.25) is 5.91 Å².